The second-order valence-electron chi connectivity index (χ2n) is 2.80. The summed E-state index contributed by atoms with van der Waals surface area (Å²) >= 11 is 4.27. The maximum atomic E-state index is 2.31. The average molecular weight is 162 g/mol. The SMILES string of the molecule is CC(C)CC1SCCS1. The Kier molecular flexibility index (Phi) is 3.27. The van der Waals surface area contributed by atoms with Crippen molar-refractivity contribution in [3.63, 3.8) is 0 Å². The van der Waals surface area contributed by atoms with Gasteiger partial charge in [0.25, 0.3) is 0 Å². The Balaban J connectivity index is 2.11. The summed E-state index contributed by atoms with van der Waals surface area (Å²) in [5.41, 5.74) is 0. The van der Waals surface area contributed by atoms with Crippen molar-refractivity contribution in [2.45, 2.75) is 24.9 Å². The standard InChI is InChI=1S/C7H14S2/c1-6(2)5-7-8-3-4-9-7/h6-7H,3-5H2,1-2H3. The normalized spacial score (nSPS) is 21.7. The van der Waals surface area contributed by atoms with Gasteiger partial charge in [-0.1, -0.05) is 13.8 Å². The number of hydrogen-bond acceptors (Lipinski definition) is 2. The topological polar surface area (TPSA) is 0 Å². The third kappa shape index (κ3) is 2.85. The zero-order valence-electron chi connectivity index (χ0n) is 6.09. The van der Waals surface area contributed by atoms with Gasteiger partial charge in [0.1, 0.15) is 0 Å². The molecule has 1 aliphatic heterocycles. The maximum absolute atomic E-state index is 2.31. The third-order valence-electron chi connectivity index (χ3n) is 1.35. The Morgan fingerprint density at radius 3 is 2.33 bits per heavy atom. The number of thioether (sulfide) groups is 2. The first-order valence-electron chi connectivity index (χ1n) is 3.52. The molecule has 9 heavy (non-hydrogen) atoms. The molecule has 1 heterocycles. The van der Waals surface area contributed by atoms with Gasteiger partial charge >= 0.3 is 0 Å². The highest BCUT2D eigenvalue weighted by Gasteiger charge is 2.16. The fourth-order valence-electron chi connectivity index (χ4n) is 0.928. The summed E-state index contributed by atoms with van der Waals surface area (Å²) in [5, 5.41) is 0. The van der Waals surface area contributed by atoms with E-state index in [1.54, 1.807) is 0 Å². The Morgan fingerprint density at radius 2 is 1.89 bits per heavy atom. The highest BCUT2D eigenvalue weighted by molar-refractivity contribution is 8.20. The van der Waals surface area contributed by atoms with Gasteiger partial charge in [-0.3, -0.25) is 0 Å². The van der Waals surface area contributed by atoms with Gasteiger partial charge in [0.05, 0.1) is 4.58 Å². The van der Waals surface area contributed by atoms with Gasteiger partial charge in [0.15, 0.2) is 0 Å². The Bertz CT molecular complexity index is 75.0. The van der Waals surface area contributed by atoms with Crippen LogP contribution in [0.15, 0.2) is 0 Å². The van der Waals surface area contributed by atoms with Crippen LogP contribution in [0.2, 0.25) is 0 Å². The predicted octanol–water partition coefficient (Wildman–Crippen LogP) is 2.84. The maximum Gasteiger partial charge on any atom is 0.0505 e. The molecule has 0 unspecified atom stereocenters. The molecule has 2 heteroatoms. The quantitative estimate of drug-likeness (QED) is 0.612. The molecule has 0 nitrogen and oxygen atoms in total. The smallest absolute Gasteiger partial charge is 0.0505 e. The Morgan fingerprint density at radius 1 is 1.33 bits per heavy atom. The molecule has 0 aliphatic carbocycles. The zero-order valence-corrected chi connectivity index (χ0v) is 7.73. The van der Waals surface area contributed by atoms with E-state index in [9.17, 15) is 0 Å². The predicted molar refractivity (Wildman–Crippen MR) is 48.2 cm³/mol. The lowest BCUT2D eigenvalue weighted by Gasteiger charge is -2.09. The van der Waals surface area contributed by atoms with Crippen LogP contribution in [0.3, 0.4) is 0 Å². The van der Waals surface area contributed by atoms with Crippen LogP contribution in [-0.4, -0.2) is 16.1 Å². The average Bonchev–Trinajstić information content (AvgIpc) is 2.15. The van der Waals surface area contributed by atoms with E-state index in [0.717, 1.165) is 10.5 Å². The van der Waals surface area contributed by atoms with Crippen LogP contribution in [0.4, 0.5) is 0 Å². The lowest BCUT2D eigenvalue weighted by Crippen LogP contribution is -1.97. The van der Waals surface area contributed by atoms with Crippen molar-refractivity contribution < 1.29 is 0 Å². The minimum absolute atomic E-state index is 0.882. The zero-order chi connectivity index (χ0) is 6.69. The van der Waals surface area contributed by atoms with E-state index in [4.69, 9.17) is 0 Å². The third-order valence-corrected chi connectivity index (χ3v) is 4.44. The van der Waals surface area contributed by atoms with Crippen molar-refractivity contribution >= 4 is 23.5 Å². The Hall–Kier alpha value is 0.700. The van der Waals surface area contributed by atoms with Crippen LogP contribution in [0, 0.1) is 5.92 Å². The van der Waals surface area contributed by atoms with Gasteiger partial charge in [-0.05, 0) is 12.3 Å². The fourth-order valence-corrected chi connectivity index (χ4v) is 4.23. The lowest BCUT2D eigenvalue weighted by molar-refractivity contribution is 0.621. The van der Waals surface area contributed by atoms with Gasteiger partial charge in [0, 0.05) is 11.5 Å². The van der Waals surface area contributed by atoms with Crippen molar-refractivity contribution in [2.24, 2.45) is 5.92 Å². The Labute approximate surface area is 66.2 Å². The van der Waals surface area contributed by atoms with E-state index >= 15 is 0 Å². The first-order chi connectivity index (χ1) is 4.29. The molecule has 1 saturated heterocycles. The largest absolute Gasteiger partial charge is 0.147 e. The van der Waals surface area contributed by atoms with Gasteiger partial charge in [-0.2, -0.15) is 0 Å². The molecule has 1 aliphatic rings. The minimum atomic E-state index is 0.882. The van der Waals surface area contributed by atoms with Crippen molar-refractivity contribution in [1.29, 1.82) is 0 Å². The van der Waals surface area contributed by atoms with Crippen molar-refractivity contribution in [1.82, 2.24) is 0 Å². The molecular formula is C7H14S2. The summed E-state index contributed by atoms with van der Waals surface area (Å²) in [5.74, 6) is 3.64. The van der Waals surface area contributed by atoms with Gasteiger partial charge in [-0.25, -0.2) is 0 Å². The number of hydrogen-bond donors (Lipinski definition) is 0. The first-order valence-corrected chi connectivity index (χ1v) is 5.62. The van der Waals surface area contributed by atoms with E-state index in [1.807, 2.05) is 0 Å². The van der Waals surface area contributed by atoms with Crippen LogP contribution < -0.4 is 0 Å². The van der Waals surface area contributed by atoms with Crippen LogP contribution in [0.25, 0.3) is 0 Å². The van der Waals surface area contributed by atoms with Crippen LogP contribution in [-0.2, 0) is 0 Å². The fraction of sp³-hybridized carbons (Fsp3) is 1.00. The van der Waals surface area contributed by atoms with Crippen LogP contribution in [0.1, 0.15) is 20.3 Å². The van der Waals surface area contributed by atoms with E-state index in [-0.39, 0.29) is 0 Å². The van der Waals surface area contributed by atoms with Crippen molar-refractivity contribution in [2.75, 3.05) is 11.5 Å². The summed E-state index contributed by atoms with van der Waals surface area (Å²) in [6.45, 7) is 4.61. The molecule has 0 aromatic carbocycles. The first kappa shape index (κ1) is 7.80. The summed E-state index contributed by atoms with van der Waals surface area (Å²) in [4.78, 5) is 0. The highest BCUT2D eigenvalue weighted by Crippen LogP contribution is 2.35. The van der Waals surface area contributed by atoms with Crippen LogP contribution >= 0.6 is 23.5 Å². The van der Waals surface area contributed by atoms with Crippen molar-refractivity contribution in [3.05, 3.63) is 0 Å². The van der Waals surface area contributed by atoms with E-state index in [0.29, 0.717) is 0 Å². The van der Waals surface area contributed by atoms with Crippen molar-refractivity contribution in [3.8, 4) is 0 Å². The molecule has 1 fully saturated rings. The molecule has 54 valence electrons. The summed E-state index contributed by atoms with van der Waals surface area (Å²) in [7, 11) is 0. The molecule has 0 radical (unpaired) electrons. The second-order valence-corrected chi connectivity index (χ2v) is 5.72. The van der Waals surface area contributed by atoms with Gasteiger partial charge < -0.3 is 0 Å². The highest BCUT2D eigenvalue weighted by atomic mass is 32.2. The summed E-state index contributed by atoms with van der Waals surface area (Å²) in [6.07, 6.45) is 1.40. The number of rotatable bonds is 2. The molecule has 0 spiro atoms. The molecule has 0 atom stereocenters. The molecule has 0 bridgehead atoms. The summed E-state index contributed by atoms with van der Waals surface area (Å²) in [6, 6.07) is 0. The van der Waals surface area contributed by atoms with E-state index in [1.165, 1.54) is 17.9 Å². The van der Waals surface area contributed by atoms with Crippen LogP contribution in [0.5, 0.6) is 0 Å². The lowest BCUT2D eigenvalue weighted by atomic mass is 10.2. The van der Waals surface area contributed by atoms with E-state index < -0.39 is 0 Å². The molecule has 0 aromatic rings. The molecule has 0 aromatic heterocycles. The van der Waals surface area contributed by atoms with Gasteiger partial charge in [0.2, 0.25) is 0 Å². The summed E-state index contributed by atoms with van der Waals surface area (Å²) < 4.78 is 0.921. The molecular weight excluding hydrogens is 148 g/mol. The second kappa shape index (κ2) is 3.77. The monoisotopic (exact) mass is 162 g/mol. The minimum Gasteiger partial charge on any atom is -0.147 e. The van der Waals surface area contributed by atoms with E-state index in [2.05, 4.69) is 37.4 Å². The molecule has 0 amide bonds. The molecule has 1 rings (SSSR count). The molecule has 0 N–H and O–H groups in total. The molecule has 0 saturated carbocycles. The van der Waals surface area contributed by atoms with Gasteiger partial charge in [-0.15, -0.1) is 23.5 Å².